The number of hydrogen-bond donors (Lipinski definition) is 2. The molecule has 2 aromatic rings. The first-order valence-corrected chi connectivity index (χ1v) is 10.5. The number of rotatable bonds is 8. The fourth-order valence-corrected chi connectivity index (χ4v) is 3.83. The van der Waals surface area contributed by atoms with Crippen LogP contribution in [0.1, 0.15) is 44.2 Å². The Kier molecular flexibility index (Phi) is 7.27. The number of nitrogens with one attached hydrogen (secondary N) is 2. The van der Waals surface area contributed by atoms with E-state index in [0.29, 0.717) is 25.3 Å². The highest BCUT2D eigenvalue weighted by Crippen LogP contribution is 2.40. The van der Waals surface area contributed by atoms with Gasteiger partial charge in [0.15, 0.2) is 0 Å². The summed E-state index contributed by atoms with van der Waals surface area (Å²) in [6, 6.07) is 9.54. The Morgan fingerprint density at radius 1 is 1.13 bits per heavy atom. The number of esters is 1. The van der Waals surface area contributed by atoms with Crippen LogP contribution in [-0.4, -0.2) is 36.6 Å². The molecule has 0 fully saturated rings. The van der Waals surface area contributed by atoms with Crippen molar-refractivity contribution in [1.29, 1.82) is 0 Å². The molecule has 0 bridgehead atoms. The minimum atomic E-state index is -0.280. The summed E-state index contributed by atoms with van der Waals surface area (Å²) in [5.74, 6) is 0.174. The van der Waals surface area contributed by atoms with Crippen LogP contribution in [0, 0.1) is 5.92 Å². The van der Waals surface area contributed by atoms with E-state index in [1.807, 2.05) is 25.1 Å². The van der Waals surface area contributed by atoms with Crippen molar-refractivity contribution in [1.82, 2.24) is 15.6 Å². The lowest BCUT2D eigenvalue weighted by atomic mass is 9.83. The number of carbonyl (C=O) groups is 2. The van der Waals surface area contributed by atoms with Crippen molar-refractivity contribution in [3.8, 4) is 5.75 Å². The van der Waals surface area contributed by atoms with Crippen molar-refractivity contribution in [3.05, 3.63) is 53.9 Å². The summed E-state index contributed by atoms with van der Waals surface area (Å²) in [4.78, 5) is 30.8. The van der Waals surface area contributed by atoms with E-state index in [2.05, 4.69) is 46.5 Å². The third kappa shape index (κ3) is 5.09. The van der Waals surface area contributed by atoms with Gasteiger partial charge in [-0.3, -0.25) is 9.78 Å². The normalized spacial score (nSPS) is 17.6. The summed E-state index contributed by atoms with van der Waals surface area (Å²) in [5.41, 5.74) is 3.08. The van der Waals surface area contributed by atoms with Crippen LogP contribution < -0.4 is 20.3 Å². The van der Waals surface area contributed by atoms with Crippen LogP contribution in [-0.2, 0) is 11.3 Å². The second kappa shape index (κ2) is 10.1. The zero-order valence-electron chi connectivity index (χ0n) is 17.9. The van der Waals surface area contributed by atoms with Gasteiger partial charge in [-0.05, 0) is 55.5 Å². The average molecular weight is 411 g/mol. The van der Waals surface area contributed by atoms with Crippen LogP contribution in [0.4, 0.5) is 10.5 Å². The monoisotopic (exact) mass is 410 g/mol. The summed E-state index contributed by atoms with van der Waals surface area (Å²) in [6.45, 7) is 8.89. The molecule has 2 amide bonds. The molecule has 1 aromatic heterocycles. The van der Waals surface area contributed by atoms with E-state index in [4.69, 9.17) is 4.74 Å². The summed E-state index contributed by atoms with van der Waals surface area (Å²) >= 11 is 0. The number of nitrogens with zero attached hydrogens (tertiary/aromatic N) is 2. The molecule has 3 rings (SSSR count). The molecule has 2 heterocycles. The molecule has 2 atom stereocenters. The topological polar surface area (TPSA) is 83.6 Å². The van der Waals surface area contributed by atoms with Crippen molar-refractivity contribution in [2.45, 2.75) is 39.7 Å². The van der Waals surface area contributed by atoms with Crippen LogP contribution in [0.2, 0.25) is 0 Å². The van der Waals surface area contributed by atoms with Crippen molar-refractivity contribution in [3.63, 3.8) is 0 Å². The largest absolute Gasteiger partial charge is 0.426 e. The second-order valence-electron chi connectivity index (χ2n) is 7.46. The number of carbonyl (C=O) groups excluding carboxylic acids is 2. The number of urea groups is 1. The molecule has 2 N–H and O–H groups in total. The first-order valence-electron chi connectivity index (χ1n) is 10.5. The zero-order chi connectivity index (χ0) is 21.5. The molecule has 1 aliphatic heterocycles. The van der Waals surface area contributed by atoms with Crippen LogP contribution >= 0.6 is 0 Å². The van der Waals surface area contributed by atoms with Crippen molar-refractivity contribution >= 4 is 17.7 Å². The lowest BCUT2D eigenvalue weighted by molar-refractivity contribution is -0.141. The molecule has 160 valence electrons. The highest BCUT2D eigenvalue weighted by molar-refractivity contribution is 5.80. The number of hydrogen-bond acceptors (Lipinski definition) is 5. The summed E-state index contributed by atoms with van der Waals surface area (Å²) in [6.07, 6.45) is 3.90. The van der Waals surface area contributed by atoms with Crippen molar-refractivity contribution in [2.75, 3.05) is 24.5 Å². The average Bonchev–Trinajstić information content (AvgIpc) is 2.76. The third-order valence-electron chi connectivity index (χ3n) is 5.68. The smallest absolute Gasteiger partial charge is 0.315 e. The Hall–Kier alpha value is -3.09. The van der Waals surface area contributed by atoms with Gasteiger partial charge in [0.25, 0.3) is 0 Å². The Morgan fingerprint density at radius 3 is 2.57 bits per heavy atom. The molecule has 1 aliphatic rings. The maximum atomic E-state index is 12.6. The highest BCUT2D eigenvalue weighted by Gasteiger charge is 2.35. The van der Waals surface area contributed by atoms with E-state index in [-0.39, 0.29) is 23.8 Å². The molecule has 1 aromatic carbocycles. The molecule has 7 heteroatoms. The molecule has 2 unspecified atom stereocenters. The molecule has 0 aliphatic carbocycles. The minimum absolute atomic E-state index is 0.0358. The fourth-order valence-electron chi connectivity index (χ4n) is 3.83. The van der Waals surface area contributed by atoms with Crippen molar-refractivity contribution in [2.24, 2.45) is 5.92 Å². The Labute approximate surface area is 177 Å². The fraction of sp³-hybridized carbons (Fsp3) is 0.435. The molecule has 7 nitrogen and oxygen atoms in total. The number of ether oxygens (including phenoxy) is 1. The third-order valence-corrected chi connectivity index (χ3v) is 5.68. The highest BCUT2D eigenvalue weighted by atomic mass is 16.5. The first-order chi connectivity index (χ1) is 14.5. The quantitative estimate of drug-likeness (QED) is 0.514. The van der Waals surface area contributed by atoms with Gasteiger partial charge < -0.3 is 20.3 Å². The van der Waals surface area contributed by atoms with Gasteiger partial charge in [-0.15, -0.1) is 0 Å². The van der Waals surface area contributed by atoms with Gasteiger partial charge in [0.05, 0.1) is 5.92 Å². The summed E-state index contributed by atoms with van der Waals surface area (Å²) in [7, 11) is 0. The molecule has 0 spiro atoms. The first kappa shape index (κ1) is 21.6. The molecule has 0 saturated heterocycles. The molecular formula is C23H30N4O3. The van der Waals surface area contributed by atoms with Crippen LogP contribution in [0.15, 0.2) is 42.7 Å². The van der Waals surface area contributed by atoms with Gasteiger partial charge in [-0.25, -0.2) is 4.79 Å². The van der Waals surface area contributed by atoms with Crippen LogP contribution in [0.3, 0.4) is 0 Å². The molecule has 0 radical (unpaired) electrons. The lowest BCUT2D eigenvalue weighted by Crippen LogP contribution is -2.38. The minimum Gasteiger partial charge on any atom is -0.426 e. The number of anilines is 1. The van der Waals surface area contributed by atoms with Crippen LogP contribution in [0.25, 0.3) is 0 Å². The Balaban J connectivity index is 1.54. The van der Waals surface area contributed by atoms with Gasteiger partial charge in [0.2, 0.25) is 0 Å². The molecule has 0 saturated carbocycles. The lowest BCUT2D eigenvalue weighted by Gasteiger charge is -2.31. The van der Waals surface area contributed by atoms with E-state index in [1.165, 1.54) is 0 Å². The Morgan fingerprint density at radius 2 is 1.87 bits per heavy atom. The predicted molar refractivity (Wildman–Crippen MR) is 117 cm³/mol. The van der Waals surface area contributed by atoms with Crippen LogP contribution in [0.5, 0.6) is 5.75 Å². The van der Waals surface area contributed by atoms with Gasteiger partial charge in [-0.1, -0.05) is 13.0 Å². The second-order valence-corrected chi connectivity index (χ2v) is 7.46. The predicted octanol–water partition coefficient (Wildman–Crippen LogP) is 3.46. The van der Waals surface area contributed by atoms with Gasteiger partial charge in [0.1, 0.15) is 5.75 Å². The standard InChI is InChI=1S/C23H30N4O3/c1-4-27(5-2)18-6-7-19-16(3)20(22(28)30-21(19)14-18)10-13-25-23(29)26-15-17-8-11-24-12-9-17/h6-9,11-12,14,16,20H,4-5,10,13,15H2,1-3H3,(H2,25,26,29). The van der Waals surface area contributed by atoms with E-state index in [1.54, 1.807) is 12.4 Å². The van der Waals surface area contributed by atoms with E-state index in [0.717, 1.165) is 29.9 Å². The van der Waals surface area contributed by atoms with E-state index >= 15 is 0 Å². The number of fused-ring (bicyclic) bond motifs is 1. The number of pyridine rings is 1. The van der Waals surface area contributed by atoms with Gasteiger partial charge in [0, 0.05) is 50.3 Å². The van der Waals surface area contributed by atoms with Gasteiger partial charge in [-0.2, -0.15) is 0 Å². The maximum Gasteiger partial charge on any atom is 0.315 e. The Bertz CT molecular complexity index is 868. The number of aromatic nitrogens is 1. The maximum absolute atomic E-state index is 12.6. The number of benzene rings is 1. The number of amides is 2. The van der Waals surface area contributed by atoms with E-state index < -0.39 is 0 Å². The van der Waals surface area contributed by atoms with E-state index in [9.17, 15) is 9.59 Å². The summed E-state index contributed by atoms with van der Waals surface area (Å²) < 4.78 is 5.66. The van der Waals surface area contributed by atoms with Gasteiger partial charge >= 0.3 is 12.0 Å². The SMILES string of the molecule is CCN(CC)c1ccc2c(c1)OC(=O)C(CCNC(=O)NCc1ccncc1)C2C. The zero-order valence-corrected chi connectivity index (χ0v) is 17.9. The van der Waals surface area contributed by atoms with Crippen molar-refractivity contribution < 1.29 is 14.3 Å². The summed E-state index contributed by atoms with van der Waals surface area (Å²) in [5, 5.41) is 5.63. The molecular weight excluding hydrogens is 380 g/mol. The molecule has 30 heavy (non-hydrogen) atoms.